The number of morpholine rings is 1. The molecule has 0 bridgehead atoms. The van der Waals surface area contributed by atoms with Gasteiger partial charge in [0.1, 0.15) is 0 Å². The highest BCUT2D eigenvalue weighted by molar-refractivity contribution is 9.10. The number of pyridine rings is 1. The van der Waals surface area contributed by atoms with E-state index >= 15 is 0 Å². The summed E-state index contributed by atoms with van der Waals surface area (Å²) in [4.78, 5) is 6.23. The van der Waals surface area contributed by atoms with Crippen LogP contribution in [0.15, 0.2) is 16.7 Å². The molecule has 3 rings (SSSR count). The first-order valence-corrected chi connectivity index (χ1v) is 7.42. The third-order valence-electron chi connectivity index (χ3n) is 3.51. The predicted octanol–water partition coefficient (Wildman–Crippen LogP) is 1.94. The van der Waals surface area contributed by atoms with Gasteiger partial charge in [0.15, 0.2) is 11.6 Å². The van der Waals surface area contributed by atoms with Gasteiger partial charge in [0.05, 0.1) is 19.3 Å². The van der Waals surface area contributed by atoms with E-state index in [1.807, 2.05) is 4.90 Å². The number of nitrogens with zero attached hydrogens (tertiary/aromatic N) is 2. The maximum absolute atomic E-state index is 14.0. The first-order chi connectivity index (χ1) is 9.24. The molecule has 0 aromatic carbocycles. The standard InChI is InChI=1S/C13H17BrFN3O/c14-9-5-12(15)13(17-6-9)18-3-4-19-8-11(18)7-16-10-1-2-10/h5-6,10-11,16H,1-4,7-8H2. The van der Waals surface area contributed by atoms with Crippen LogP contribution in [-0.2, 0) is 4.74 Å². The summed E-state index contributed by atoms with van der Waals surface area (Å²) in [6.45, 7) is 2.75. The summed E-state index contributed by atoms with van der Waals surface area (Å²) in [6, 6.07) is 2.26. The van der Waals surface area contributed by atoms with Gasteiger partial charge in [0.25, 0.3) is 0 Å². The van der Waals surface area contributed by atoms with E-state index in [4.69, 9.17) is 4.74 Å². The normalized spacial score (nSPS) is 23.7. The van der Waals surface area contributed by atoms with Crippen molar-refractivity contribution >= 4 is 21.7 Å². The van der Waals surface area contributed by atoms with Gasteiger partial charge < -0.3 is 15.0 Å². The largest absolute Gasteiger partial charge is 0.377 e. The Hall–Kier alpha value is -0.720. The summed E-state index contributed by atoms with van der Waals surface area (Å²) in [6.07, 6.45) is 4.14. The first kappa shape index (κ1) is 13.3. The number of nitrogens with one attached hydrogen (secondary N) is 1. The van der Waals surface area contributed by atoms with Crippen molar-refractivity contribution in [3.05, 3.63) is 22.6 Å². The Morgan fingerprint density at radius 2 is 2.37 bits per heavy atom. The predicted molar refractivity (Wildman–Crippen MR) is 74.9 cm³/mol. The Morgan fingerprint density at radius 3 is 3.11 bits per heavy atom. The van der Waals surface area contributed by atoms with Crippen LogP contribution in [0.2, 0.25) is 0 Å². The topological polar surface area (TPSA) is 37.4 Å². The van der Waals surface area contributed by atoms with Crippen molar-refractivity contribution in [1.82, 2.24) is 10.3 Å². The van der Waals surface area contributed by atoms with Gasteiger partial charge in [-0.15, -0.1) is 0 Å². The molecule has 2 aliphatic rings. The SMILES string of the molecule is Fc1cc(Br)cnc1N1CCOCC1CNC1CC1. The van der Waals surface area contributed by atoms with E-state index in [-0.39, 0.29) is 11.9 Å². The van der Waals surface area contributed by atoms with Crippen LogP contribution in [0.4, 0.5) is 10.2 Å². The smallest absolute Gasteiger partial charge is 0.166 e. The van der Waals surface area contributed by atoms with Gasteiger partial charge in [-0.05, 0) is 34.8 Å². The van der Waals surface area contributed by atoms with Crippen LogP contribution < -0.4 is 10.2 Å². The molecule has 1 saturated heterocycles. The van der Waals surface area contributed by atoms with Crippen LogP contribution in [0.5, 0.6) is 0 Å². The first-order valence-electron chi connectivity index (χ1n) is 6.63. The Kier molecular flexibility index (Phi) is 4.00. The molecule has 4 nitrogen and oxygen atoms in total. The number of anilines is 1. The minimum absolute atomic E-state index is 0.150. The average Bonchev–Trinajstić information content (AvgIpc) is 3.21. The Bertz CT molecular complexity index is 456. The summed E-state index contributed by atoms with van der Waals surface area (Å²) in [5.74, 6) is 0.141. The molecule has 1 aromatic heterocycles. The van der Waals surface area contributed by atoms with Crippen LogP contribution in [0.3, 0.4) is 0 Å². The Morgan fingerprint density at radius 1 is 1.53 bits per heavy atom. The number of ether oxygens (including phenoxy) is 1. The van der Waals surface area contributed by atoms with Crippen molar-refractivity contribution < 1.29 is 9.13 Å². The molecule has 0 amide bonds. The van der Waals surface area contributed by atoms with Crippen LogP contribution in [-0.4, -0.2) is 43.4 Å². The minimum atomic E-state index is -0.285. The second kappa shape index (κ2) is 5.73. The van der Waals surface area contributed by atoms with Crippen molar-refractivity contribution in [2.24, 2.45) is 0 Å². The average molecular weight is 330 g/mol. The Labute approximate surface area is 120 Å². The van der Waals surface area contributed by atoms with Crippen molar-refractivity contribution in [3.8, 4) is 0 Å². The lowest BCUT2D eigenvalue weighted by molar-refractivity contribution is 0.0928. The summed E-state index contributed by atoms with van der Waals surface area (Å²) in [5, 5.41) is 3.48. The van der Waals surface area contributed by atoms with Gasteiger partial charge in [-0.2, -0.15) is 0 Å². The number of rotatable bonds is 4. The van der Waals surface area contributed by atoms with E-state index in [1.54, 1.807) is 6.20 Å². The second-order valence-electron chi connectivity index (χ2n) is 5.06. The highest BCUT2D eigenvalue weighted by Gasteiger charge is 2.29. The van der Waals surface area contributed by atoms with Crippen LogP contribution >= 0.6 is 15.9 Å². The molecule has 2 heterocycles. The van der Waals surface area contributed by atoms with E-state index < -0.39 is 0 Å². The fourth-order valence-corrected chi connectivity index (χ4v) is 2.61. The maximum Gasteiger partial charge on any atom is 0.166 e. The van der Waals surface area contributed by atoms with E-state index in [0.29, 0.717) is 36.1 Å². The lowest BCUT2D eigenvalue weighted by Crippen LogP contribution is -2.51. The van der Waals surface area contributed by atoms with Gasteiger partial charge in [0.2, 0.25) is 0 Å². The quantitative estimate of drug-likeness (QED) is 0.916. The van der Waals surface area contributed by atoms with Crippen LogP contribution in [0, 0.1) is 5.82 Å². The molecule has 1 saturated carbocycles. The summed E-state index contributed by atoms with van der Waals surface area (Å²) >= 11 is 3.24. The molecular formula is C13H17BrFN3O. The van der Waals surface area contributed by atoms with Crippen molar-refractivity contribution in [2.45, 2.75) is 24.9 Å². The molecule has 104 valence electrons. The van der Waals surface area contributed by atoms with Crippen molar-refractivity contribution in [3.63, 3.8) is 0 Å². The fourth-order valence-electron chi connectivity index (χ4n) is 2.31. The number of halogens is 2. The summed E-state index contributed by atoms with van der Waals surface area (Å²) in [5.41, 5.74) is 0. The lowest BCUT2D eigenvalue weighted by Gasteiger charge is -2.36. The monoisotopic (exact) mass is 329 g/mol. The molecule has 6 heteroatoms. The van der Waals surface area contributed by atoms with Gasteiger partial charge in [0, 0.05) is 29.8 Å². The summed E-state index contributed by atoms with van der Waals surface area (Å²) in [7, 11) is 0. The molecule has 1 atom stereocenters. The van der Waals surface area contributed by atoms with Crippen LogP contribution in [0.25, 0.3) is 0 Å². The molecule has 0 radical (unpaired) electrons. The number of hydrogen-bond donors (Lipinski definition) is 1. The van der Waals surface area contributed by atoms with Crippen molar-refractivity contribution in [1.29, 1.82) is 0 Å². The number of hydrogen-bond acceptors (Lipinski definition) is 4. The molecule has 1 aromatic rings. The molecule has 0 spiro atoms. The highest BCUT2D eigenvalue weighted by Crippen LogP contribution is 2.24. The fraction of sp³-hybridized carbons (Fsp3) is 0.615. The lowest BCUT2D eigenvalue weighted by atomic mass is 10.2. The molecule has 2 fully saturated rings. The van der Waals surface area contributed by atoms with Gasteiger partial charge in [-0.25, -0.2) is 9.37 Å². The molecule has 1 N–H and O–H groups in total. The van der Waals surface area contributed by atoms with Gasteiger partial charge in [-0.3, -0.25) is 0 Å². The molecule has 19 heavy (non-hydrogen) atoms. The molecule has 1 unspecified atom stereocenters. The van der Waals surface area contributed by atoms with E-state index in [1.165, 1.54) is 18.9 Å². The maximum atomic E-state index is 14.0. The van der Waals surface area contributed by atoms with Crippen LogP contribution in [0.1, 0.15) is 12.8 Å². The Balaban J connectivity index is 1.74. The zero-order valence-electron chi connectivity index (χ0n) is 10.6. The van der Waals surface area contributed by atoms with Gasteiger partial charge in [-0.1, -0.05) is 0 Å². The zero-order chi connectivity index (χ0) is 13.2. The van der Waals surface area contributed by atoms with E-state index in [2.05, 4.69) is 26.2 Å². The highest BCUT2D eigenvalue weighted by atomic mass is 79.9. The summed E-state index contributed by atoms with van der Waals surface area (Å²) < 4.78 is 20.2. The molecule has 1 aliphatic heterocycles. The van der Waals surface area contributed by atoms with E-state index in [0.717, 1.165) is 6.54 Å². The van der Waals surface area contributed by atoms with Crippen molar-refractivity contribution in [2.75, 3.05) is 31.2 Å². The molecular weight excluding hydrogens is 313 g/mol. The van der Waals surface area contributed by atoms with Gasteiger partial charge >= 0.3 is 0 Å². The third-order valence-corrected chi connectivity index (χ3v) is 3.94. The zero-order valence-corrected chi connectivity index (χ0v) is 12.2. The second-order valence-corrected chi connectivity index (χ2v) is 5.98. The third kappa shape index (κ3) is 3.24. The minimum Gasteiger partial charge on any atom is -0.377 e. The van der Waals surface area contributed by atoms with E-state index in [9.17, 15) is 4.39 Å². The molecule has 1 aliphatic carbocycles. The number of aromatic nitrogens is 1.